The molecule has 3 rings (SSSR count). The zero-order valence-electron chi connectivity index (χ0n) is 13.9. The molecule has 0 aliphatic rings. The minimum Gasteiger partial charge on any atom is -0.436 e. The number of oxazole rings is 1. The maximum absolute atomic E-state index is 5.82. The average molecular weight is 307 g/mol. The fraction of sp³-hybridized carbons (Fsp3) is 0.381. The molecule has 2 aromatic carbocycles. The van der Waals surface area contributed by atoms with Gasteiger partial charge in [0.05, 0.1) is 0 Å². The first kappa shape index (κ1) is 15.8. The summed E-state index contributed by atoms with van der Waals surface area (Å²) >= 11 is 0. The Morgan fingerprint density at radius 1 is 0.826 bits per heavy atom. The first-order valence-corrected chi connectivity index (χ1v) is 8.81. The Morgan fingerprint density at radius 3 is 2.35 bits per heavy atom. The largest absolute Gasteiger partial charge is 0.436 e. The van der Waals surface area contributed by atoms with Gasteiger partial charge in [0.25, 0.3) is 0 Å². The lowest BCUT2D eigenvalue weighted by molar-refractivity contribution is 0.607. The molecule has 0 N–H and O–H groups in total. The normalized spacial score (nSPS) is 11.2. The lowest BCUT2D eigenvalue weighted by Gasteiger charge is -2.03. The maximum Gasteiger partial charge on any atom is 0.227 e. The number of para-hydroxylation sites is 2. The van der Waals surface area contributed by atoms with Gasteiger partial charge >= 0.3 is 0 Å². The van der Waals surface area contributed by atoms with Crippen LogP contribution >= 0.6 is 0 Å². The van der Waals surface area contributed by atoms with E-state index in [1.165, 1.54) is 50.5 Å². The highest BCUT2D eigenvalue weighted by molar-refractivity contribution is 5.75. The molecule has 0 amide bonds. The van der Waals surface area contributed by atoms with Gasteiger partial charge in [-0.25, -0.2) is 4.98 Å². The van der Waals surface area contributed by atoms with Crippen LogP contribution in [-0.4, -0.2) is 4.98 Å². The molecule has 0 atom stereocenters. The van der Waals surface area contributed by atoms with Crippen LogP contribution in [-0.2, 0) is 6.42 Å². The Morgan fingerprint density at radius 2 is 1.57 bits per heavy atom. The number of rotatable bonds is 8. The summed E-state index contributed by atoms with van der Waals surface area (Å²) in [5, 5.41) is 0. The standard InChI is InChI=1S/C21H25NO/c1-2-3-4-5-6-7-10-17-13-15-18(16-14-17)21-22-19-11-8-9-12-20(19)23-21/h8-9,11-16H,2-7,10H2,1H3. The van der Waals surface area contributed by atoms with Crippen LogP contribution in [0, 0.1) is 0 Å². The van der Waals surface area contributed by atoms with Crippen molar-refractivity contribution in [3.8, 4) is 11.5 Å². The molecule has 120 valence electrons. The molecular weight excluding hydrogens is 282 g/mol. The zero-order valence-corrected chi connectivity index (χ0v) is 13.9. The van der Waals surface area contributed by atoms with Crippen molar-refractivity contribution in [1.82, 2.24) is 4.98 Å². The fourth-order valence-electron chi connectivity index (χ4n) is 2.92. The molecule has 0 aliphatic heterocycles. The molecule has 0 unspecified atom stereocenters. The van der Waals surface area contributed by atoms with Crippen LogP contribution in [0.3, 0.4) is 0 Å². The van der Waals surface area contributed by atoms with Crippen molar-refractivity contribution in [3.63, 3.8) is 0 Å². The highest BCUT2D eigenvalue weighted by Gasteiger charge is 2.07. The Balaban J connectivity index is 1.56. The summed E-state index contributed by atoms with van der Waals surface area (Å²) in [6.07, 6.45) is 9.23. The van der Waals surface area contributed by atoms with E-state index in [-0.39, 0.29) is 0 Å². The topological polar surface area (TPSA) is 26.0 Å². The number of aromatic nitrogens is 1. The number of benzene rings is 2. The number of hydrogen-bond donors (Lipinski definition) is 0. The van der Waals surface area contributed by atoms with Gasteiger partial charge in [-0.2, -0.15) is 0 Å². The Kier molecular flexibility index (Phi) is 5.46. The van der Waals surface area contributed by atoms with Crippen molar-refractivity contribution in [2.45, 2.75) is 51.9 Å². The van der Waals surface area contributed by atoms with Gasteiger partial charge in [0.15, 0.2) is 5.58 Å². The van der Waals surface area contributed by atoms with E-state index < -0.39 is 0 Å². The van der Waals surface area contributed by atoms with Crippen LogP contribution < -0.4 is 0 Å². The molecule has 2 heteroatoms. The third-order valence-electron chi connectivity index (χ3n) is 4.31. The van der Waals surface area contributed by atoms with Crippen LogP contribution in [0.2, 0.25) is 0 Å². The van der Waals surface area contributed by atoms with Crippen LogP contribution in [0.4, 0.5) is 0 Å². The summed E-state index contributed by atoms with van der Waals surface area (Å²) in [6.45, 7) is 2.26. The van der Waals surface area contributed by atoms with E-state index in [2.05, 4.69) is 36.2 Å². The van der Waals surface area contributed by atoms with E-state index in [0.717, 1.165) is 16.7 Å². The van der Waals surface area contributed by atoms with Crippen molar-refractivity contribution >= 4 is 11.1 Å². The lowest BCUT2D eigenvalue weighted by atomic mass is 10.0. The van der Waals surface area contributed by atoms with Crippen LogP contribution in [0.25, 0.3) is 22.6 Å². The van der Waals surface area contributed by atoms with Crippen molar-refractivity contribution in [3.05, 3.63) is 54.1 Å². The van der Waals surface area contributed by atoms with Gasteiger partial charge in [0, 0.05) is 5.56 Å². The first-order valence-electron chi connectivity index (χ1n) is 8.81. The Hall–Kier alpha value is -2.09. The van der Waals surface area contributed by atoms with Gasteiger partial charge in [0.1, 0.15) is 5.52 Å². The molecule has 0 aliphatic carbocycles. The molecule has 23 heavy (non-hydrogen) atoms. The highest BCUT2D eigenvalue weighted by atomic mass is 16.3. The highest BCUT2D eigenvalue weighted by Crippen LogP contribution is 2.24. The molecular formula is C21H25NO. The number of hydrogen-bond acceptors (Lipinski definition) is 2. The lowest BCUT2D eigenvalue weighted by Crippen LogP contribution is -1.87. The number of unbranched alkanes of at least 4 members (excludes halogenated alkanes) is 5. The second-order valence-corrected chi connectivity index (χ2v) is 6.20. The van der Waals surface area contributed by atoms with Crippen molar-refractivity contribution in [2.24, 2.45) is 0 Å². The van der Waals surface area contributed by atoms with Crippen LogP contribution in [0.5, 0.6) is 0 Å². The van der Waals surface area contributed by atoms with Gasteiger partial charge < -0.3 is 4.42 Å². The quantitative estimate of drug-likeness (QED) is 0.450. The zero-order chi connectivity index (χ0) is 15.9. The van der Waals surface area contributed by atoms with E-state index in [1.807, 2.05) is 24.3 Å². The Bertz CT molecular complexity index is 694. The third kappa shape index (κ3) is 4.22. The molecule has 3 aromatic rings. The average Bonchev–Trinajstić information content (AvgIpc) is 3.02. The molecule has 0 radical (unpaired) electrons. The predicted octanol–water partition coefficient (Wildman–Crippen LogP) is 6.40. The van der Waals surface area contributed by atoms with E-state index >= 15 is 0 Å². The summed E-state index contributed by atoms with van der Waals surface area (Å²) in [6, 6.07) is 16.5. The predicted molar refractivity (Wildman–Crippen MR) is 96.5 cm³/mol. The van der Waals surface area contributed by atoms with E-state index in [0.29, 0.717) is 5.89 Å². The molecule has 0 bridgehead atoms. The molecule has 0 fully saturated rings. The van der Waals surface area contributed by atoms with Gasteiger partial charge in [-0.1, -0.05) is 63.3 Å². The van der Waals surface area contributed by atoms with E-state index in [4.69, 9.17) is 4.42 Å². The SMILES string of the molecule is CCCCCCCCc1ccc(-c2nc3ccccc3o2)cc1. The monoisotopic (exact) mass is 307 g/mol. The minimum absolute atomic E-state index is 0.706. The van der Waals surface area contributed by atoms with Gasteiger partial charge in [-0.3, -0.25) is 0 Å². The van der Waals surface area contributed by atoms with Gasteiger partial charge in [-0.05, 0) is 42.7 Å². The van der Waals surface area contributed by atoms with Gasteiger partial charge in [-0.15, -0.1) is 0 Å². The smallest absolute Gasteiger partial charge is 0.227 e. The minimum atomic E-state index is 0.706. The Labute approximate surface area is 138 Å². The summed E-state index contributed by atoms with van der Waals surface area (Å²) in [5.74, 6) is 0.706. The summed E-state index contributed by atoms with van der Waals surface area (Å²) in [4.78, 5) is 4.55. The van der Waals surface area contributed by atoms with E-state index in [9.17, 15) is 0 Å². The molecule has 0 saturated carbocycles. The van der Waals surface area contributed by atoms with Crippen LogP contribution in [0.1, 0.15) is 51.0 Å². The first-order chi connectivity index (χ1) is 11.4. The molecule has 1 aromatic heterocycles. The fourth-order valence-corrected chi connectivity index (χ4v) is 2.92. The van der Waals surface area contributed by atoms with E-state index in [1.54, 1.807) is 0 Å². The molecule has 0 spiro atoms. The van der Waals surface area contributed by atoms with Crippen molar-refractivity contribution < 1.29 is 4.42 Å². The number of nitrogens with zero attached hydrogens (tertiary/aromatic N) is 1. The second-order valence-electron chi connectivity index (χ2n) is 6.20. The summed E-state index contributed by atoms with van der Waals surface area (Å²) in [7, 11) is 0. The second kappa shape index (κ2) is 7.96. The van der Waals surface area contributed by atoms with Crippen molar-refractivity contribution in [2.75, 3.05) is 0 Å². The molecule has 0 saturated heterocycles. The molecule has 1 heterocycles. The summed E-state index contributed by atoms with van der Waals surface area (Å²) in [5.41, 5.74) is 4.21. The number of aryl methyl sites for hydroxylation is 1. The molecule has 2 nitrogen and oxygen atoms in total. The van der Waals surface area contributed by atoms with Crippen LogP contribution in [0.15, 0.2) is 52.9 Å². The number of fused-ring (bicyclic) bond motifs is 1. The third-order valence-corrected chi connectivity index (χ3v) is 4.31. The summed E-state index contributed by atoms with van der Waals surface area (Å²) < 4.78 is 5.82. The van der Waals surface area contributed by atoms with Crippen molar-refractivity contribution in [1.29, 1.82) is 0 Å². The van der Waals surface area contributed by atoms with Gasteiger partial charge in [0.2, 0.25) is 5.89 Å². The maximum atomic E-state index is 5.82.